The molecule has 0 radical (unpaired) electrons. The number of nitrogens with one attached hydrogen (secondary N) is 1. The smallest absolute Gasteiger partial charge is 0.358 e. The second kappa shape index (κ2) is 7.07. The van der Waals surface area contributed by atoms with E-state index in [0.29, 0.717) is 18.3 Å². The van der Waals surface area contributed by atoms with E-state index in [9.17, 15) is 4.79 Å². The Bertz CT molecular complexity index is 453. The van der Waals surface area contributed by atoms with Gasteiger partial charge in [0.25, 0.3) is 0 Å². The molecule has 1 atom stereocenters. The number of nitrogens with zero attached hydrogens (tertiary/aromatic N) is 1. The van der Waals surface area contributed by atoms with E-state index in [4.69, 9.17) is 4.74 Å². The van der Waals surface area contributed by atoms with Crippen LogP contribution in [0.2, 0.25) is 0 Å². The molecule has 0 aromatic carbocycles. The molecule has 5 heteroatoms. The van der Waals surface area contributed by atoms with Gasteiger partial charge in [0.1, 0.15) is 0 Å². The van der Waals surface area contributed by atoms with Crippen LogP contribution < -0.4 is 5.32 Å². The molecule has 1 aromatic rings. The summed E-state index contributed by atoms with van der Waals surface area (Å²) in [6, 6.07) is 0.413. The second-order valence-electron chi connectivity index (χ2n) is 5.48. The van der Waals surface area contributed by atoms with Gasteiger partial charge in [0.15, 0.2) is 10.8 Å². The number of anilines is 1. The molecule has 0 aliphatic heterocycles. The maximum Gasteiger partial charge on any atom is 0.358 e. The Balaban J connectivity index is 1.99. The molecule has 112 valence electrons. The quantitative estimate of drug-likeness (QED) is 0.834. The summed E-state index contributed by atoms with van der Waals surface area (Å²) in [5.41, 5.74) is 0.454. The van der Waals surface area contributed by atoms with Crippen molar-refractivity contribution in [3.8, 4) is 0 Å². The number of carbonyl (C=O) groups is 1. The summed E-state index contributed by atoms with van der Waals surface area (Å²) in [6.07, 6.45) is 6.63. The SMILES string of the molecule is CCOC(=O)c1nc(NC(C)C2CCCCC2)sc1C. The Morgan fingerprint density at radius 2 is 2.15 bits per heavy atom. The Kier molecular flexibility index (Phi) is 5.40. The summed E-state index contributed by atoms with van der Waals surface area (Å²) in [4.78, 5) is 17.1. The fourth-order valence-electron chi connectivity index (χ4n) is 2.79. The van der Waals surface area contributed by atoms with E-state index in [1.54, 1.807) is 0 Å². The van der Waals surface area contributed by atoms with Crippen LogP contribution >= 0.6 is 11.3 Å². The number of aryl methyl sites for hydroxylation is 1. The highest BCUT2D eigenvalue weighted by molar-refractivity contribution is 7.15. The van der Waals surface area contributed by atoms with E-state index in [1.807, 2.05) is 13.8 Å². The minimum Gasteiger partial charge on any atom is -0.461 e. The summed E-state index contributed by atoms with van der Waals surface area (Å²) in [6.45, 7) is 6.33. The second-order valence-corrected chi connectivity index (χ2v) is 6.68. The van der Waals surface area contributed by atoms with E-state index in [-0.39, 0.29) is 5.97 Å². The molecule has 1 aliphatic carbocycles. The Morgan fingerprint density at radius 3 is 2.80 bits per heavy atom. The number of esters is 1. The first-order valence-electron chi connectivity index (χ1n) is 7.53. The number of carbonyl (C=O) groups excluding carboxylic acids is 1. The molecule has 1 heterocycles. The third-order valence-corrected chi connectivity index (χ3v) is 4.88. The van der Waals surface area contributed by atoms with Gasteiger partial charge < -0.3 is 10.1 Å². The lowest BCUT2D eigenvalue weighted by atomic mass is 9.85. The summed E-state index contributed by atoms with van der Waals surface area (Å²) in [7, 11) is 0. The topological polar surface area (TPSA) is 51.2 Å². The maximum absolute atomic E-state index is 11.8. The molecule has 2 rings (SSSR count). The Hall–Kier alpha value is -1.10. The Labute approximate surface area is 124 Å². The fourth-order valence-corrected chi connectivity index (χ4v) is 3.69. The molecule has 1 unspecified atom stereocenters. The first-order chi connectivity index (χ1) is 9.61. The van der Waals surface area contributed by atoms with Crippen LogP contribution in [0.15, 0.2) is 0 Å². The summed E-state index contributed by atoms with van der Waals surface area (Å²) >= 11 is 1.54. The summed E-state index contributed by atoms with van der Waals surface area (Å²) in [5, 5.41) is 4.31. The molecule has 0 bridgehead atoms. The van der Waals surface area contributed by atoms with Gasteiger partial charge in [-0.3, -0.25) is 0 Å². The van der Waals surface area contributed by atoms with Crippen LogP contribution in [0.3, 0.4) is 0 Å². The Morgan fingerprint density at radius 1 is 1.45 bits per heavy atom. The van der Waals surface area contributed by atoms with Crippen LogP contribution in [0.1, 0.15) is 61.3 Å². The maximum atomic E-state index is 11.8. The van der Waals surface area contributed by atoms with Crippen molar-refractivity contribution in [2.24, 2.45) is 5.92 Å². The molecule has 0 saturated heterocycles. The van der Waals surface area contributed by atoms with Gasteiger partial charge >= 0.3 is 5.97 Å². The van der Waals surface area contributed by atoms with Gasteiger partial charge in [-0.1, -0.05) is 19.3 Å². The third-order valence-electron chi connectivity index (χ3n) is 3.97. The van der Waals surface area contributed by atoms with Gasteiger partial charge in [-0.25, -0.2) is 9.78 Å². The van der Waals surface area contributed by atoms with Crippen LogP contribution in [-0.4, -0.2) is 23.6 Å². The lowest BCUT2D eigenvalue weighted by Crippen LogP contribution is -2.27. The van der Waals surface area contributed by atoms with E-state index in [2.05, 4.69) is 17.2 Å². The predicted octanol–water partition coefficient (Wildman–Crippen LogP) is 4.01. The molecule has 4 nitrogen and oxygen atoms in total. The van der Waals surface area contributed by atoms with Crippen molar-refractivity contribution in [2.75, 3.05) is 11.9 Å². The van der Waals surface area contributed by atoms with Crippen LogP contribution in [0.4, 0.5) is 5.13 Å². The van der Waals surface area contributed by atoms with Gasteiger partial charge in [0, 0.05) is 10.9 Å². The van der Waals surface area contributed by atoms with Crippen LogP contribution in [0.25, 0.3) is 0 Å². The van der Waals surface area contributed by atoms with E-state index in [1.165, 1.54) is 43.4 Å². The highest BCUT2D eigenvalue weighted by Gasteiger charge is 2.22. The number of hydrogen-bond acceptors (Lipinski definition) is 5. The average molecular weight is 296 g/mol. The molecular weight excluding hydrogens is 272 g/mol. The predicted molar refractivity (Wildman–Crippen MR) is 82.5 cm³/mol. The van der Waals surface area contributed by atoms with Crippen molar-refractivity contribution in [1.29, 1.82) is 0 Å². The molecule has 1 aliphatic rings. The van der Waals surface area contributed by atoms with Crippen molar-refractivity contribution in [3.63, 3.8) is 0 Å². The molecule has 1 aromatic heterocycles. The normalized spacial score (nSPS) is 17.8. The minimum atomic E-state index is -0.320. The highest BCUT2D eigenvalue weighted by Crippen LogP contribution is 2.30. The number of aromatic nitrogens is 1. The zero-order chi connectivity index (χ0) is 14.5. The number of hydrogen-bond donors (Lipinski definition) is 1. The van der Waals surface area contributed by atoms with Gasteiger partial charge in [0.05, 0.1) is 6.61 Å². The third kappa shape index (κ3) is 3.72. The largest absolute Gasteiger partial charge is 0.461 e. The monoisotopic (exact) mass is 296 g/mol. The van der Waals surface area contributed by atoms with E-state index >= 15 is 0 Å². The van der Waals surface area contributed by atoms with Crippen molar-refractivity contribution in [3.05, 3.63) is 10.6 Å². The summed E-state index contributed by atoms with van der Waals surface area (Å²) in [5.74, 6) is 0.401. The van der Waals surface area contributed by atoms with Crippen molar-refractivity contribution in [1.82, 2.24) is 4.98 Å². The van der Waals surface area contributed by atoms with Crippen LogP contribution in [0.5, 0.6) is 0 Å². The molecule has 0 amide bonds. The van der Waals surface area contributed by atoms with Gasteiger partial charge in [-0.05, 0) is 39.5 Å². The van der Waals surface area contributed by atoms with Crippen LogP contribution in [0, 0.1) is 12.8 Å². The number of ether oxygens (including phenoxy) is 1. The minimum absolute atomic E-state index is 0.320. The summed E-state index contributed by atoms with van der Waals surface area (Å²) < 4.78 is 5.02. The fraction of sp³-hybridized carbons (Fsp3) is 0.733. The highest BCUT2D eigenvalue weighted by atomic mass is 32.1. The standard InChI is InChI=1S/C15H24N2O2S/c1-4-19-14(18)13-11(3)20-15(17-13)16-10(2)12-8-6-5-7-9-12/h10,12H,4-9H2,1-3H3,(H,16,17). The average Bonchev–Trinajstić information content (AvgIpc) is 2.81. The lowest BCUT2D eigenvalue weighted by Gasteiger charge is -2.28. The van der Waals surface area contributed by atoms with Gasteiger partial charge in [-0.2, -0.15) is 0 Å². The van der Waals surface area contributed by atoms with Crippen molar-refractivity contribution in [2.45, 2.75) is 58.9 Å². The van der Waals surface area contributed by atoms with E-state index < -0.39 is 0 Å². The van der Waals surface area contributed by atoms with E-state index in [0.717, 1.165) is 15.9 Å². The van der Waals surface area contributed by atoms with Crippen LogP contribution in [-0.2, 0) is 4.74 Å². The molecule has 20 heavy (non-hydrogen) atoms. The van der Waals surface area contributed by atoms with Crippen molar-refractivity contribution >= 4 is 22.4 Å². The lowest BCUT2D eigenvalue weighted by molar-refractivity contribution is 0.0519. The first-order valence-corrected chi connectivity index (χ1v) is 8.34. The number of rotatable bonds is 5. The molecule has 1 fully saturated rings. The first kappa shape index (κ1) is 15.3. The number of thiazole rings is 1. The molecule has 1 N–H and O–H groups in total. The van der Waals surface area contributed by atoms with Gasteiger partial charge in [-0.15, -0.1) is 11.3 Å². The molecular formula is C15H24N2O2S. The van der Waals surface area contributed by atoms with Crippen molar-refractivity contribution < 1.29 is 9.53 Å². The molecule has 1 saturated carbocycles. The zero-order valence-electron chi connectivity index (χ0n) is 12.6. The zero-order valence-corrected chi connectivity index (χ0v) is 13.4. The van der Waals surface area contributed by atoms with Gasteiger partial charge in [0.2, 0.25) is 0 Å². The molecule has 0 spiro atoms.